The summed E-state index contributed by atoms with van der Waals surface area (Å²) in [5, 5.41) is 5.72. The summed E-state index contributed by atoms with van der Waals surface area (Å²) < 4.78 is 0. The monoisotopic (exact) mass is 404 g/mol. The van der Waals surface area contributed by atoms with E-state index in [1.54, 1.807) is 5.56 Å². The maximum Gasteiger partial charge on any atom is -0.00315 e. The van der Waals surface area contributed by atoms with Crippen molar-refractivity contribution in [1.29, 1.82) is 0 Å². The van der Waals surface area contributed by atoms with Gasteiger partial charge in [-0.15, -0.1) is 0 Å². The molecule has 156 valence electrons. The number of hydrogen-bond donors (Lipinski definition) is 0. The average molecular weight is 405 g/mol. The summed E-state index contributed by atoms with van der Waals surface area (Å²) in [6, 6.07) is 14.2. The van der Waals surface area contributed by atoms with Crippen LogP contribution in [0.2, 0.25) is 0 Å². The van der Waals surface area contributed by atoms with Gasteiger partial charge < -0.3 is 0 Å². The molecule has 2 unspecified atom stereocenters. The third kappa shape index (κ3) is 2.48. The molecule has 0 radical (unpaired) electrons. The summed E-state index contributed by atoms with van der Waals surface area (Å²) >= 11 is 0. The lowest BCUT2D eigenvalue weighted by atomic mass is 9.51. The van der Waals surface area contributed by atoms with E-state index in [0.717, 1.165) is 12.8 Å². The Balaban J connectivity index is 1.76. The fraction of sp³-hybridized carbons (Fsp3) is 0.355. The van der Waals surface area contributed by atoms with E-state index < -0.39 is 0 Å². The lowest BCUT2D eigenvalue weighted by Crippen LogP contribution is -2.48. The second-order valence-corrected chi connectivity index (χ2v) is 11.1. The van der Waals surface area contributed by atoms with Gasteiger partial charge in [0.25, 0.3) is 0 Å². The fourth-order valence-electron chi connectivity index (χ4n) is 6.81. The Labute approximate surface area is 186 Å². The number of benzene rings is 3. The molecule has 6 rings (SSSR count). The zero-order valence-electron chi connectivity index (χ0n) is 19.4. The summed E-state index contributed by atoms with van der Waals surface area (Å²) in [6.07, 6.45) is 14.4. The fourth-order valence-corrected chi connectivity index (χ4v) is 6.81. The molecule has 0 N–H and O–H groups in total. The van der Waals surface area contributed by atoms with E-state index in [1.807, 2.05) is 0 Å². The molecule has 0 nitrogen and oxygen atoms in total. The zero-order valence-corrected chi connectivity index (χ0v) is 19.4. The summed E-state index contributed by atoms with van der Waals surface area (Å²) in [5.74, 6) is 1.06. The molecule has 2 atom stereocenters. The second kappa shape index (κ2) is 6.22. The van der Waals surface area contributed by atoms with Crippen LogP contribution < -0.4 is 0 Å². The molecule has 3 aliphatic carbocycles. The van der Waals surface area contributed by atoms with Crippen molar-refractivity contribution in [2.24, 2.45) is 11.8 Å². The van der Waals surface area contributed by atoms with Gasteiger partial charge in [-0.2, -0.15) is 0 Å². The third-order valence-electron chi connectivity index (χ3n) is 8.61. The Morgan fingerprint density at radius 1 is 0.774 bits per heavy atom. The number of fused-ring (bicyclic) bond motifs is 8. The molecule has 0 saturated carbocycles. The van der Waals surface area contributed by atoms with Gasteiger partial charge >= 0.3 is 0 Å². The van der Waals surface area contributed by atoms with Gasteiger partial charge in [0, 0.05) is 0 Å². The maximum absolute atomic E-state index is 2.57. The van der Waals surface area contributed by atoms with Crippen LogP contribution in [0.4, 0.5) is 0 Å². The van der Waals surface area contributed by atoms with Gasteiger partial charge in [-0.1, -0.05) is 87.9 Å². The Morgan fingerprint density at radius 3 is 2.23 bits per heavy atom. The minimum Gasteiger partial charge on any atom is -0.0836 e. The van der Waals surface area contributed by atoms with Crippen molar-refractivity contribution < 1.29 is 0 Å². The normalized spacial score (nSPS) is 25.1. The van der Waals surface area contributed by atoms with E-state index in [-0.39, 0.29) is 10.8 Å². The first kappa shape index (κ1) is 19.1. The van der Waals surface area contributed by atoms with Gasteiger partial charge in [-0.25, -0.2) is 0 Å². The maximum atomic E-state index is 2.57. The van der Waals surface area contributed by atoms with Crippen molar-refractivity contribution in [3.63, 3.8) is 0 Å². The third-order valence-corrected chi connectivity index (χ3v) is 8.61. The first-order valence-corrected chi connectivity index (χ1v) is 11.9. The Hall–Kier alpha value is -2.60. The highest BCUT2D eigenvalue weighted by Gasteiger charge is 2.50. The highest BCUT2D eigenvalue weighted by Crippen LogP contribution is 2.56. The minimum absolute atomic E-state index is 0.0998. The van der Waals surface area contributed by atoms with Crippen LogP contribution in [-0.2, 0) is 17.3 Å². The summed E-state index contributed by atoms with van der Waals surface area (Å²) in [7, 11) is 0. The topological polar surface area (TPSA) is 0 Å². The van der Waals surface area contributed by atoms with E-state index >= 15 is 0 Å². The van der Waals surface area contributed by atoms with Crippen molar-refractivity contribution >= 4 is 27.6 Å². The lowest BCUT2D eigenvalue weighted by molar-refractivity contribution is 0.189. The average Bonchev–Trinajstić information content (AvgIpc) is 2.77. The molecule has 0 bridgehead atoms. The Morgan fingerprint density at radius 2 is 1.45 bits per heavy atom. The molecule has 3 aromatic rings. The molecule has 0 heterocycles. The molecular formula is C31H32. The van der Waals surface area contributed by atoms with Gasteiger partial charge in [-0.3, -0.25) is 0 Å². The first-order chi connectivity index (χ1) is 14.8. The molecule has 31 heavy (non-hydrogen) atoms. The molecule has 0 aromatic heterocycles. The van der Waals surface area contributed by atoms with Crippen LogP contribution in [0.5, 0.6) is 0 Å². The molecule has 0 heteroatoms. The van der Waals surface area contributed by atoms with Crippen LogP contribution >= 0.6 is 0 Å². The van der Waals surface area contributed by atoms with Gasteiger partial charge in [-0.05, 0) is 98.4 Å². The highest BCUT2D eigenvalue weighted by molar-refractivity contribution is 6.13. The Kier molecular flexibility index (Phi) is 3.84. The summed E-state index contributed by atoms with van der Waals surface area (Å²) in [4.78, 5) is 0. The van der Waals surface area contributed by atoms with E-state index in [1.165, 1.54) is 43.8 Å². The quantitative estimate of drug-likeness (QED) is 0.331. The van der Waals surface area contributed by atoms with Crippen LogP contribution in [0.15, 0.2) is 66.3 Å². The Bertz CT molecular complexity index is 1340. The molecule has 0 aliphatic heterocycles. The minimum atomic E-state index is 0.0998. The molecular weight excluding hydrogens is 372 g/mol. The number of rotatable bonds is 0. The van der Waals surface area contributed by atoms with E-state index in [4.69, 9.17) is 0 Å². The number of aryl methyl sites for hydroxylation is 1. The van der Waals surface area contributed by atoms with Gasteiger partial charge in [0.2, 0.25) is 0 Å². The van der Waals surface area contributed by atoms with Crippen LogP contribution in [0, 0.1) is 11.8 Å². The largest absolute Gasteiger partial charge is 0.0836 e. The molecule has 3 aromatic carbocycles. The van der Waals surface area contributed by atoms with Crippen molar-refractivity contribution in [2.45, 2.75) is 58.3 Å². The predicted molar refractivity (Wildman–Crippen MR) is 135 cm³/mol. The molecule has 0 spiro atoms. The molecule has 0 fully saturated rings. The van der Waals surface area contributed by atoms with Gasteiger partial charge in [0.1, 0.15) is 0 Å². The van der Waals surface area contributed by atoms with E-state index in [0.29, 0.717) is 11.8 Å². The molecule has 0 amide bonds. The number of allylic oxidation sites excluding steroid dienone is 5. The van der Waals surface area contributed by atoms with Crippen LogP contribution in [0.25, 0.3) is 27.6 Å². The standard InChI is InChI=1S/C31H32/c1-19-14-15-26-27(16-19)31(4,5)29-18-25-23-13-9-7-11-21(23)20-10-6-8-12-22(20)24(25)17-28(29)30(26,2)3/h7-9,11-18,26-27H,6,10H2,1-5H3. The van der Waals surface area contributed by atoms with E-state index in [9.17, 15) is 0 Å². The van der Waals surface area contributed by atoms with Gasteiger partial charge in [0.05, 0.1) is 0 Å². The van der Waals surface area contributed by atoms with Crippen LogP contribution in [0.1, 0.15) is 63.3 Å². The smallest absolute Gasteiger partial charge is 0.00315 e. The lowest BCUT2D eigenvalue weighted by Gasteiger charge is -2.53. The van der Waals surface area contributed by atoms with E-state index in [2.05, 4.69) is 101 Å². The number of hydrogen-bond acceptors (Lipinski definition) is 0. The van der Waals surface area contributed by atoms with Crippen LogP contribution in [0.3, 0.4) is 0 Å². The zero-order chi connectivity index (χ0) is 21.5. The summed E-state index contributed by atoms with van der Waals surface area (Å²) in [5.41, 5.74) is 7.67. The summed E-state index contributed by atoms with van der Waals surface area (Å²) in [6.45, 7) is 12.1. The van der Waals surface area contributed by atoms with Gasteiger partial charge in [0.15, 0.2) is 0 Å². The van der Waals surface area contributed by atoms with Crippen molar-refractivity contribution in [3.05, 3.63) is 88.5 Å². The molecule has 0 saturated heterocycles. The van der Waals surface area contributed by atoms with Crippen molar-refractivity contribution in [3.8, 4) is 0 Å². The predicted octanol–water partition coefficient (Wildman–Crippen LogP) is 8.27. The SMILES string of the molecule is CC1=CC2C(C=C1)C(C)(C)c1cc3c4c(c5ccccc5c3cc1C2(C)C)CCC=C4. The van der Waals surface area contributed by atoms with Crippen LogP contribution in [-0.4, -0.2) is 0 Å². The first-order valence-electron chi connectivity index (χ1n) is 11.9. The highest BCUT2D eigenvalue weighted by atomic mass is 14.5. The second-order valence-electron chi connectivity index (χ2n) is 11.1. The molecule has 3 aliphatic rings. The van der Waals surface area contributed by atoms with Crippen molar-refractivity contribution in [2.75, 3.05) is 0 Å². The van der Waals surface area contributed by atoms with Crippen molar-refractivity contribution in [1.82, 2.24) is 0 Å².